The lowest BCUT2D eigenvalue weighted by molar-refractivity contribution is -0.118. The molecular weight excluding hydrogens is 136 g/mol. The highest BCUT2D eigenvalue weighted by molar-refractivity contribution is 5.77. The summed E-state index contributed by atoms with van der Waals surface area (Å²) in [6.45, 7) is 4.07. The van der Waals surface area contributed by atoms with Crippen molar-refractivity contribution in [3.8, 4) is 0 Å². The van der Waals surface area contributed by atoms with Crippen LogP contribution in [0, 0.1) is 0 Å². The first-order valence-corrected chi connectivity index (χ1v) is 3.83. The van der Waals surface area contributed by atoms with Crippen molar-refractivity contribution >= 4 is 5.78 Å². The minimum Gasteiger partial charge on any atom is -0.300 e. The van der Waals surface area contributed by atoms with E-state index in [0.717, 1.165) is 12.8 Å². The fourth-order valence-corrected chi connectivity index (χ4v) is 0.749. The van der Waals surface area contributed by atoms with Crippen LogP contribution in [0.2, 0.25) is 0 Å². The highest BCUT2D eigenvalue weighted by Gasteiger charge is 1.95. The first-order valence-electron chi connectivity index (χ1n) is 3.83. The SMILES string of the molecule is C.C.CCCCCC(=O)CC. The molecule has 0 aliphatic carbocycles. The summed E-state index contributed by atoms with van der Waals surface area (Å²) in [7, 11) is 0. The van der Waals surface area contributed by atoms with Crippen LogP contribution in [0.5, 0.6) is 0 Å². The van der Waals surface area contributed by atoms with E-state index in [1.165, 1.54) is 12.8 Å². The summed E-state index contributed by atoms with van der Waals surface area (Å²) >= 11 is 0. The molecule has 1 nitrogen and oxygen atoms in total. The van der Waals surface area contributed by atoms with E-state index in [4.69, 9.17) is 0 Å². The summed E-state index contributed by atoms with van der Waals surface area (Å²) in [6.07, 6.45) is 5.00. The van der Waals surface area contributed by atoms with Gasteiger partial charge in [-0.15, -0.1) is 0 Å². The standard InChI is InChI=1S/C8H16O.2CH4/c1-3-5-6-7-8(9)4-2;;/h3-7H2,1-2H3;2*1H4. The van der Waals surface area contributed by atoms with Crippen molar-refractivity contribution in [1.29, 1.82) is 0 Å². The van der Waals surface area contributed by atoms with Crippen molar-refractivity contribution in [3.63, 3.8) is 0 Å². The Morgan fingerprint density at radius 2 is 1.64 bits per heavy atom. The Hall–Kier alpha value is -0.330. The first kappa shape index (κ1) is 17.0. The maximum atomic E-state index is 10.7. The molecule has 0 aromatic heterocycles. The van der Waals surface area contributed by atoms with Gasteiger partial charge in [0.15, 0.2) is 0 Å². The van der Waals surface area contributed by atoms with E-state index in [1.54, 1.807) is 0 Å². The lowest BCUT2D eigenvalue weighted by atomic mass is 10.1. The second kappa shape index (κ2) is 12.4. The van der Waals surface area contributed by atoms with Crippen LogP contribution in [-0.4, -0.2) is 5.78 Å². The molecule has 0 radical (unpaired) electrons. The normalized spacial score (nSPS) is 7.82. The second-order valence-corrected chi connectivity index (χ2v) is 2.35. The van der Waals surface area contributed by atoms with Gasteiger partial charge in [0.2, 0.25) is 0 Å². The van der Waals surface area contributed by atoms with Crippen LogP contribution in [0.4, 0.5) is 0 Å². The van der Waals surface area contributed by atoms with E-state index in [9.17, 15) is 4.79 Å². The summed E-state index contributed by atoms with van der Waals surface area (Å²) in [5, 5.41) is 0. The fourth-order valence-electron chi connectivity index (χ4n) is 0.749. The molecule has 0 aliphatic heterocycles. The van der Waals surface area contributed by atoms with Gasteiger partial charge in [-0.3, -0.25) is 4.79 Å². The van der Waals surface area contributed by atoms with Crippen LogP contribution in [0.1, 0.15) is 60.8 Å². The highest BCUT2D eigenvalue weighted by Crippen LogP contribution is 2.00. The maximum Gasteiger partial charge on any atom is 0.132 e. The molecule has 0 saturated heterocycles. The lowest BCUT2D eigenvalue weighted by Crippen LogP contribution is -1.93. The van der Waals surface area contributed by atoms with E-state index >= 15 is 0 Å². The molecule has 0 heterocycles. The van der Waals surface area contributed by atoms with Crippen LogP contribution < -0.4 is 0 Å². The van der Waals surface area contributed by atoms with E-state index in [2.05, 4.69) is 6.92 Å². The van der Waals surface area contributed by atoms with Crippen molar-refractivity contribution < 1.29 is 4.79 Å². The molecule has 1 heteroatoms. The largest absolute Gasteiger partial charge is 0.300 e. The summed E-state index contributed by atoms with van der Waals surface area (Å²) in [5.41, 5.74) is 0. The van der Waals surface area contributed by atoms with Gasteiger partial charge in [0.05, 0.1) is 0 Å². The highest BCUT2D eigenvalue weighted by atomic mass is 16.1. The van der Waals surface area contributed by atoms with Crippen molar-refractivity contribution in [2.45, 2.75) is 60.8 Å². The van der Waals surface area contributed by atoms with Crippen LogP contribution in [0.15, 0.2) is 0 Å². The van der Waals surface area contributed by atoms with Crippen molar-refractivity contribution in [2.24, 2.45) is 0 Å². The Labute approximate surface area is 72.2 Å². The maximum absolute atomic E-state index is 10.7. The first-order chi connectivity index (χ1) is 4.31. The van der Waals surface area contributed by atoms with Gasteiger partial charge in [-0.2, -0.15) is 0 Å². The Balaban J connectivity index is -0.000000320. The van der Waals surface area contributed by atoms with Gasteiger partial charge < -0.3 is 0 Å². The van der Waals surface area contributed by atoms with Crippen molar-refractivity contribution in [1.82, 2.24) is 0 Å². The number of ketones is 1. The molecule has 11 heavy (non-hydrogen) atoms. The van der Waals surface area contributed by atoms with Gasteiger partial charge >= 0.3 is 0 Å². The Bertz CT molecular complexity index is 76.9. The molecule has 0 aliphatic rings. The average molecular weight is 160 g/mol. The van der Waals surface area contributed by atoms with Crippen LogP contribution in [-0.2, 0) is 4.79 Å². The third-order valence-electron chi connectivity index (χ3n) is 1.45. The van der Waals surface area contributed by atoms with Crippen LogP contribution in [0.3, 0.4) is 0 Å². The predicted molar refractivity (Wildman–Crippen MR) is 52.9 cm³/mol. The van der Waals surface area contributed by atoms with Crippen LogP contribution >= 0.6 is 0 Å². The number of carbonyl (C=O) groups excluding carboxylic acids is 1. The molecule has 0 spiro atoms. The Morgan fingerprint density at radius 1 is 1.09 bits per heavy atom. The van der Waals surface area contributed by atoms with E-state index in [1.807, 2.05) is 6.92 Å². The Kier molecular flexibility index (Phi) is 19.1. The van der Waals surface area contributed by atoms with Gasteiger partial charge in [0.25, 0.3) is 0 Å². The van der Waals surface area contributed by atoms with Gasteiger partial charge in [0, 0.05) is 12.8 Å². The van der Waals surface area contributed by atoms with E-state index in [0.29, 0.717) is 12.2 Å². The quantitative estimate of drug-likeness (QED) is 0.559. The molecule has 0 aromatic carbocycles. The molecule has 0 aromatic rings. The zero-order chi connectivity index (χ0) is 7.11. The summed E-state index contributed by atoms with van der Waals surface area (Å²) in [6, 6.07) is 0. The topological polar surface area (TPSA) is 17.1 Å². The third-order valence-corrected chi connectivity index (χ3v) is 1.45. The zero-order valence-electron chi connectivity index (χ0n) is 6.44. The number of Topliss-reactive ketones (excluding diaryl/α,β-unsaturated/α-hetero) is 1. The number of rotatable bonds is 5. The number of unbranched alkanes of at least 4 members (excludes halogenated alkanes) is 2. The second-order valence-electron chi connectivity index (χ2n) is 2.35. The lowest BCUT2D eigenvalue weighted by Gasteiger charge is -1.93. The molecular formula is C10H24O. The average Bonchev–Trinajstić information content (AvgIpc) is 1.89. The fraction of sp³-hybridized carbons (Fsp3) is 0.900. The molecule has 0 unspecified atom stereocenters. The van der Waals surface area contributed by atoms with E-state index in [-0.39, 0.29) is 14.9 Å². The Morgan fingerprint density at radius 3 is 2.00 bits per heavy atom. The van der Waals surface area contributed by atoms with Gasteiger partial charge in [-0.25, -0.2) is 0 Å². The smallest absolute Gasteiger partial charge is 0.132 e. The zero-order valence-corrected chi connectivity index (χ0v) is 6.44. The molecule has 0 saturated carbocycles. The van der Waals surface area contributed by atoms with Crippen LogP contribution in [0.25, 0.3) is 0 Å². The molecule has 0 fully saturated rings. The minimum absolute atomic E-state index is 0. The van der Waals surface area contributed by atoms with Gasteiger partial charge in [-0.05, 0) is 6.42 Å². The monoisotopic (exact) mass is 160 g/mol. The minimum atomic E-state index is 0. The number of hydrogen-bond donors (Lipinski definition) is 0. The molecule has 0 N–H and O–H groups in total. The summed E-state index contributed by atoms with van der Waals surface area (Å²) < 4.78 is 0. The molecule has 0 amide bonds. The molecule has 0 rings (SSSR count). The van der Waals surface area contributed by atoms with Crippen molar-refractivity contribution in [2.75, 3.05) is 0 Å². The number of carbonyl (C=O) groups is 1. The van der Waals surface area contributed by atoms with Gasteiger partial charge in [-0.1, -0.05) is 41.5 Å². The molecule has 0 atom stereocenters. The predicted octanol–water partition coefficient (Wildman–Crippen LogP) is 3.82. The van der Waals surface area contributed by atoms with Gasteiger partial charge in [0.1, 0.15) is 5.78 Å². The third kappa shape index (κ3) is 12.8. The summed E-state index contributed by atoms with van der Waals surface area (Å²) in [5.74, 6) is 0.406. The molecule has 0 bridgehead atoms. The van der Waals surface area contributed by atoms with Crippen molar-refractivity contribution in [3.05, 3.63) is 0 Å². The van der Waals surface area contributed by atoms with E-state index < -0.39 is 0 Å². The number of hydrogen-bond acceptors (Lipinski definition) is 1. The molecule has 70 valence electrons. The summed E-state index contributed by atoms with van der Waals surface area (Å²) in [4.78, 5) is 10.7.